The topological polar surface area (TPSA) is 85.1 Å². The Kier molecular flexibility index (Phi) is 19.6. The Labute approximate surface area is 504 Å². The standard InChI is InChI=1S/C25H28N2.2C25H26N2.Mn.2O/c3*1-17(2)20-13-10-14-21(18(3)4)24(20)27-23-16-9-8-15-22(23)26-25(27)19-11-6-5-7-12-19;;;/h5-18,25-26H,1-4H3;2*5-18H,1-4H3;;;. The molecule has 12 rings (SSSR count). The van der Waals surface area contributed by atoms with E-state index in [2.05, 4.69) is 321 Å². The third-order valence-electron chi connectivity index (χ3n) is 15.7. The molecule has 0 saturated heterocycles. The van der Waals surface area contributed by atoms with Crippen molar-refractivity contribution in [2.24, 2.45) is 0 Å². The molecule has 0 bridgehead atoms. The van der Waals surface area contributed by atoms with E-state index in [0.717, 1.165) is 44.8 Å². The molecule has 0 radical (unpaired) electrons. The van der Waals surface area contributed by atoms with Crippen LogP contribution in [0.15, 0.2) is 218 Å². The maximum atomic E-state index is 8.41. The minimum atomic E-state index is -1.44. The molecule has 2 aromatic heterocycles. The summed E-state index contributed by atoms with van der Waals surface area (Å²) in [4.78, 5) is 12.6. The van der Waals surface area contributed by atoms with E-state index in [1.807, 2.05) is 0 Å². The van der Waals surface area contributed by atoms with Crippen molar-refractivity contribution in [2.75, 3.05) is 10.2 Å². The summed E-state index contributed by atoms with van der Waals surface area (Å²) in [5.74, 6) is 4.67. The molecule has 1 aliphatic rings. The van der Waals surface area contributed by atoms with Gasteiger partial charge < -0.3 is 10.2 Å². The van der Waals surface area contributed by atoms with Crippen LogP contribution >= 0.6 is 0 Å². The van der Waals surface area contributed by atoms with Crippen molar-refractivity contribution in [1.82, 2.24) is 19.1 Å². The van der Waals surface area contributed by atoms with Crippen molar-refractivity contribution >= 4 is 39.1 Å². The first-order chi connectivity index (χ1) is 40.6. The van der Waals surface area contributed by atoms with E-state index < -0.39 is 14.8 Å². The number of nitrogens with one attached hydrogen (secondary N) is 1. The van der Waals surface area contributed by atoms with Crippen molar-refractivity contribution in [1.29, 1.82) is 0 Å². The summed E-state index contributed by atoms with van der Waals surface area (Å²) in [5, 5.41) is 3.76. The first-order valence-corrected chi connectivity index (χ1v) is 30.6. The number of rotatable bonds is 12. The van der Waals surface area contributed by atoms with Crippen LogP contribution in [0.4, 0.5) is 17.1 Å². The number of benzene rings is 9. The zero-order valence-electron chi connectivity index (χ0n) is 50.8. The summed E-state index contributed by atoms with van der Waals surface area (Å²) in [6.45, 7) is 27.3. The van der Waals surface area contributed by atoms with E-state index >= 15 is 0 Å². The molecular formula is C75H80MnN6O2. The van der Waals surface area contributed by atoms with Gasteiger partial charge in [0.25, 0.3) is 0 Å². The van der Waals surface area contributed by atoms with Crippen LogP contribution in [0.5, 0.6) is 0 Å². The Morgan fingerprint density at radius 2 is 0.667 bits per heavy atom. The zero-order chi connectivity index (χ0) is 59.6. The molecule has 1 aliphatic heterocycles. The Hall–Kier alpha value is -8.36. The predicted octanol–water partition coefficient (Wildman–Crippen LogP) is 20.8. The molecule has 1 N–H and O–H groups in total. The van der Waals surface area contributed by atoms with Gasteiger partial charge in [-0.2, -0.15) is 0 Å². The predicted molar refractivity (Wildman–Crippen MR) is 347 cm³/mol. The van der Waals surface area contributed by atoms with Gasteiger partial charge >= 0.3 is 22.5 Å². The van der Waals surface area contributed by atoms with Crippen LogP contribution in [0.2, 0.25) is 0 Å². The first-order valence-electron chi connectivity index (χ1n) is 29.7. The van der Waals surface area contributed by atoms with E-state index in [-0.39, 0.29) is 6.17 Å². The Morgan fingerprint density at radius 3 is 1.04 bits per heavy atom. The van der Waals surface area contributed by atoms with Gasteiger partial charge in [-0.05, 0) is 111 Å². The second-order valence-corrected chi connectivity index (χ2v) is 23.6. The van der Waals surface area contributed by atoms with Gasteiger partial charge in [0.2, 0.25) is 0 Å². The van der Waals surface area contributed by atoms with Crippen LogP contribution in [0.1, 0.15) is 164 Å². The minimum absolute atomic E-state index is 0.0981. The molecule has 1 atom stereocenters. The van der Waals surface area contributed by atoms with Crippen molar-refractivity contribution in [3.8, 4) is 34.2 Å². The molecule has 429 valence electrons. The summed E-state index contributed by atoms with van der Waals surface area (Å²) in [7, 11) is 0. The number of aromatic nitrogens is 4. The number of imidazole rings is 2. The molecule has 9 aromatic carbocycles. The number of hydrogen-bond donors (Lipinski definition) is 1. The quantitative estimate of drug-likeness (QED) is 0.123. The molecule has 1 unspecified atom stereocenters. The van der Waals surface area contributed by atoms with E-state index in [1.54, 1.807) is 0 Å². The monoisotopic (exact) mass is 1150 g/mol. The summed E-state index contributed by atoms with van der Waals surface area (Å²) >= 11 is -1.44. The number of hydrogen-bond acceptors (Lipinski definition) is 6. The average Bonchev–Trinajstić information content (AvgIpc) is 2.15. The summed E-state index contributed by atoms with van der Waals surface area (Å²) in [6, 6.07) is 77.5. The van der Waals surface area contributed by atoms with Crippen molar-refractivity contribution in [2.45, 2.75) is 125 Å². The molecule has 0 amide bonds. The summed E-state index contributed by atoms with van der Waals surface area (Å²) in [5.41, 5.74) is 22.6. The molecular weight excluding hydrogens is 1070 g/mol. The van der Waals surface area contributed by atoms with E-state index in [9.17, 15) is 0 Å². The van der Waals surface area contributed by atoms with Gasteiger partial charge in [0, 0.05) is 11.1 Å². The SMILES string of the molecule is CC(C)c1cccc(C(C)C)c1-n1c(-c2ccccc2)nc2ccccc21.CC(C)c1cccc(C(C)C)c1-n1c(-c2ccccc2)nc2ccccc21.CC(C)c1cccc(C(C)C)c1N1c2ccccc2NC1c1ccccc1.[O]=[Mn]=[O]. The van der Waals surface area contributed by atoms with Crippen LogP contribution < -0.4 is 10.2 Å². The molecule has 8 nitrogen and oxygen atoms in total. The Balaban J connectivity index is 0.000000148. The molecule has 0 saturated carbocycles. The second kappa shape index (κ2) is 27.4. The van der Waals surface area contributed by atoms with Gasteiger partial charge in [-0.15, -0.1) is 0 Å². The maximum absolute atomic E-state index is 8.41. The average molecular weight is 1150 g/mol. The van der Waals surface area contributed by atoms with Crippen LogP contribution in [0, 0.1) is 0 Å². The molecule has 3 heterocycles. The van der Waals surface area contributed by atoms with Crippen molar-refractivity contribution < 1.29 is 22.5 Å². The van der Waals surface area contributed by atoms with Gasteiger partial charge in [-0.3, -0.25) is 9.13 Å². The van der Waals surface area contributed by atoms with Gasteiger partial charge in [0.1, 0.15) is 17.8 Å². The fourth-order valence-corrected chi connectivity index (χ4v) is 11.7. The van der Waals surface area contributed by atoms with Gasteiger partial charge in [-0.1, -0.05) is 265 Å². The number of fused-ring (bicyclic) bond motifs is 3. The fraction of sp³-hybridized carbons (Fsp3) is 0.253. The van der Waals surface area contributed by atoms with Crippen LogP contribution in [0.25, 0.3) is 56.2 Å². The molecule has 11 aromatic rings. The first kappa shape index (κ1) is 60.2. The van der Waals surface area contributed by atoms with Crippen molar-refractivity contribution in [3.05, 3.63) is 257 Å². The second-order valence-electron chi connectivity index (χ2n) is 23.4. The van der Waals surface area contributed by atoms with E-state index in [1.165, 1.54) is 67.4 Å². The van der Waals surface area contributed by atoms with Crippen LogP contribution in [0.3, 0.4) is 0 Å². The molecule has 9 heteroatoms. The molecule has 0 aliphatic carbocycles. The Morgan fingerprint density at radius 1 is 0.357 bits per heavy atom. The number of nitrogens with zero attached hydrogens (tertiary/aromatic N) is 5. The normalized spacial score (nSPS) is 12.7. The summed E-state index contributed by atoms with van der Waals surface area (Å²) < 4.78 is 21.6. The fourth-order valence-electron chi connectivity index (χ4n) is 11.7. The van der Waals surface area contributed by atoms with Gasteiger partial charge in [-0.25, -0.2) is 9.97 Å². The molecule has 84 heavy (non-hydrogen) atoms. The zero-order valence-corrected chi connectivity index (χ0v) is 51.9. The number of para-hydroxylation sites is 9. The van der Waals surface area contributed by atoms with Crippen LogP contribution in [-0.2, 0) is 22.5 Å². The third kappa shape index (κ3) is 12.7. The third-order valence-corrected chi connectivity index (χ3v) is 15.7. The van der Waals surface area contributed by atoms with Gasteiger partial charge in [0.05, 0.1) is 50.5 Å². The van der Waals surface area contributed by atoms with Gasteiger partial charge in [0.15, 0.2) is 0 Å². The van der Waals surface area contributed by atoms with Crippen molar-refractivity contribution in [3.63, 3.8) is 0 Å². The van der Waals surface area contributed by atoms with Crippen LogP contribution in [-0.4, -0.2) is 19.1 Å². The summed E-state index contributed by atoms with van der Waals surface area (Å²) in [6.07, 6.45) is 0.0981. The Bertz CT molecular complexity index is 3750. The molecule has 0 fully saturated rings. The number of anilines is 3. The van der Waals surface area contributed by atoms with E-state index in [0.29, 0.717) is 35.5 Å². The van der Waals surface area contributed by atoms with E-state index in [4.69, 9.17) is 17.6 Å². The molecule has 0 spiro atoms.